The number of hydrogen-bond donors (Lipinski definition) is 1. The second-order valence-electron chi connectivity index (χ2n) is 4.10. The second-order valence-corrected chi connectivity index (χ2v) is 6.69. The molecule has 0 amide bonds. The fraction of sp³-hybridized carbons (Fsp3) is 0.250. The zero-order valence-electron chi connectivity index (χ0n) is 10.6. The van der Waals surface area contributed by atoms with Gasteiger partial charge in [-0.1, -0.05) is 15.9 Å². The summed E-state index contributed by atoms with van der Waals surface area (Å²) >= 11 is 3.34. The third-order valence-electron chi connectivity index (χ3n) is 2.68. The van der Waals surface area contributed by atoms with Gasteiger partial charge in [0.05, 0.1) is 11.9 Å². The Labute approximate surface area is 120 Å². The summed E-state index contributed by atoms with van der Waals surface area (Å²) < 4.78 is 29.4. The molecule has 2 aromatic rings. The van der Waals surface area contributed by atoms with Crippen LogP contribution in [-0.4, -0.2) is 18.2 Å². The monoisotopic (exact) mass is 343 g/mol. The van der Waals surface area contributed by atoms with E-state index >= 15 is 0 Å². The predicted octanol–water partition coefficient (Wildman–Crippen LogP) is 2.77. The van der Waals surface area contributed by atoms with Crippen LogP contribution in [0.4, 0.5) is 5.69 Å². The number of hydrogen-bond acceptors (Lipinski definition) is 3. The normalized spacial score (nSPS) is 11.5. The number of anilines is 1. The third-order valence-corrected chi connectivity index (χ3v) is 4.49. The average molecular weight is 344 g/mol. The number of rotatable bonds is 4. The van der Waals surface area contributed by atoms with Gasteiger partial charge in [0, 0.05) is 17.2 Å². The Morgan fingerprint density at radius 1 is 1.42 bits per heavy atom. The number of halogens is 1. The maximum Gasteiger partial charge on any atom is 0.265 e. The first kappa shape index (κ1) is 14.1. The van der Waals surface area contributed by atoms with Gasteiger partial charge in [-0.3, -0.25) is 9.40 Å². The van der Waals surface area contributed by atoms with Gasteiger partial charge in [-0.15, -0.1) is 0 Å². The van der Waals surface area contributed by atoms with Gasteiger partial charge in [0.25, 0.3) is 10.0 Å². The molecule has 1 aromatic carbocycles. The van der Waals surface area contributed by atoms with E-state index in [1.807, 2.05) is 19.9 Å². The van der Waals surface area contributed by atoms with E-state index in [2.05, 4.69) is 25.8 Å². The molecular weight excluding hydrogens is 330 g/mol. The third kappa shape index (κ3) is 3.16. The molecule has 5 nitrogen and oxygen atoms in total. The maximum atomic E-state index is 12.2. The molecule has 19 heavy (non-hydrogen) atoms. The van der Waals surface area contributed by atoms with Gasteiger partial charge in [0.15, 0.2) is 0 Å². The SMILES string of the molecule is CCn1cc(S(=O)(=O)Nc2ccc(Br)cc2C)cn1. The number of aromatic nitrogens is 2. The lowest BCUT2D eigenvalue weighted by Crippen LogP contribution is -2.13. The van der Waals surface area contributed by atoms with E-state index in [0.717, 1.165) is 10.0 Å². The van der Waals surface area contributed by atoms with E-state index in [0.29, 0.717) is 12.2 Å². The molecule has 1 heterocycles. The topological polar surface area (TPSA) is 64.0 Å². The molecular formula is C12H14BrN3O2S. The van der Waals surface area contributed by atoms with Crippen LogP contribution in [0.5, 0.6) is 0 Å². The summed E-state index contributed by atoms with van der Waals surface area (Å²) in [5.74, 6) is 0. The van der Waals surface area contributed by atoms with Crippen LogP contribution in [0.25, 0.3) is 0 Å². The van der Waals surface area contributed by atoms with Crippen molar-refractivity contribution in [2.45, 2.75) is 25.3 Å². The van der Waals surface area contributed by atoms with Gasteiger partial charge < -0.3 is 0 Å². The summed E-state index contributed by atoms with van der Waals surface area (Å²) in [4.78, 5) is 0.164. The van der Waals surface area contributed by atoms with Crippen LogP contribution in [0.2, 0.25) is 0 Å². The first-order valence-electron chi connectivity index (χ1n) is 5.74. The fourth-order valence-corrected chi connectivity index (χ4v) is 3.16. The number of aryl methyl sites for hydroxylation is 2. The minimum atomic E-state index is -3.59. The molecule has 2 rings (SSSR count). The van der Waals surface area contributed by atoms with Gasteiger partial charge >= 0.3 is 0 Å². The van der Waals surface area contributed by atoms with Crippen LogP contribution < -0.4 is 4.72 Å². The van der Waals surface area contributed by atoms with E-state index in [9.17, 15) is 8.42 Å². The standard InChI is InChI=1S/C12H14BrN3O2S/c1-3-16-8-11(7-14-16)19(17,18)15-12-5-4-10(13)6-9(12)2/h4-8,15H,3H2,1-2H3. The molecule has 0 aliphatic carbocycles. The van der Waals surface area contributed by atoms with Crippen molar-refractivity contribution in [1.29, 1.82) is 0 Å². The Balaban J connectivity index is 2.30. The summed E-state index contributed by atoms with van der Waals surface area (Å²) in [5, 5.41) is 3.97. The summed E-state index contributed by atoms with van der Waals surface area (Å²) in [5.41, 5.74) is 1.41. The predicted molar refractivity (Wildman–Crippen MR) is 77.6 cm³/mol. The smallest absolute Gasteiger partial charge is 0.265 e. The largest absolute Gasteiger partial charge is 0.279 e. The van der Waals surface area contributed by atoms with Crippen molar-refractivity contribution in [3.63, 3.8) is 0 Å². The van der Waals surface area contributed by atoms with Crippen molar-refractivity contribution in [1.82, 2.24) is 9.78 Å². The molecule has 0 fully saturated rings. The summed E-state index contributed by atoms with van der Waals surface area (Å²) in [6, 6.07) is 5.37. The van der Waals surface area contributed by atoms with Crippen molar-refractivity contribution in [2.24, 2.45) is 0 Å². The molecule has 0 atom stereocenters. The zero-order valence-corrected chi connectivity index (χ0v) is 13.0. The minimum absolute atomic E-state index is 0.164. The van der Waals surface area contributed by atoms with Crippen LogP contribution in [0.15, 0.2) is 40.0 Å². The van der Waals surface area contributed by atoms with E-state index in [1.54, 1.807) is 16.8 Å². The first-order chi connectivity index (χ1) is 8.92. The lowest BCUT2D eigenvalue weighted by atomic mass is 10.2. The Bertz CT molecular complexity index is 695. The minimum Gasteiger partial charge on any atom is -0.279 e. The van der Waals surface area contributed by atoms with Gasteiger partial charge in [-0.05, 0) is 37.6 Å². The molecule has 0 aliphatic rings. The molecule has 0 aliphatic heterocycles. The number of benzene rings is 1. The molecule has 1 aromatic heterocycles. The molecule has 0 saturated heterocycles. The highest BCUT2D eigenvalue weighted by molar-refractivity contribution is 9.10. The van der Waals surface area contributed by atoms with Crippen molar-refractivity contribution >= 4 is 31.6 Å². The molecule has 0 radical (unpaired) electrons. The van der Waals surface area contributed by atoms with Crippen LogP contribution in [0, 0.1) is 6.92 Å². The molecule has 102 valence electrons. The molecule has 0 saturated carbocycles. The van der Waals surface area contributed by atoms with E-state index < -0.39 is 10.0 Å². The Morgan fingerprint density at radius 3 is 2.74 bits per heavy atom. The van der Waals surface area contributed by atoms with E-state index in [4.69, 9.17) is 0 Å². The lowest BCUT2D eigenvalue weighted by Gasteiger charge is -2.09. The van der Waals surface area contributed by atoms with E-state index in [-0.39, 0.29) is 4.90 Å². The van der Waals surface area contributed by atoms with Crippen LogP contribution in [0.3, 0.4) is 0 Å². The van der Waals surface area contributed by atoms with Crippen LogP contribution >= 0.6 is 15.9 Å². The summed E-state index contributed by atoms with van der Waals surface area (Å²) in [7, 11) is -3.59. The van der Waals surface area contributed by atoms with Gasteiger partial charge in [-0.25, -0.2) is 8.42 Å². The second kappa shape index (κ2) is 5.34. The highest BCUT2D eigenvalue weighted by atomic mass is 79.9. The molecule has 0 unspecified atom stereocenters. The Kier molecular flexibility index (Phi) is 3.96. The Hall–Kier alpha value is -1.34. The number of nitrogens with one attached hydrogen (secondary N) is 1. The molecule has 0 bridgehead atoms. The van der Waals surface area contributed by atoms with Gasteiger partial charge in [0.1, 0.15) is 4.90 Å². The highest BCUT2D eigenvalue weighted by Gasteiger charge is 2.17. The van der Waals surface area contributed by atoms with Gasteiger partial charge in [0.2, 0.25) is 0 Å². The van der Waals surface area contributed by atoms with Crippen molar-refractivity contribution in [3.05, 3.63) is 40.6 Å². The van der Waals surface area contributed by atoms with Crippen LogP contribution in [-0.2, 0) is 16.6 Å². The molecule has 1 N–H and O–H groups in total. The highest BCUT2D eigenvalue weighted by Crippen LogP contribution is 2.22. The average Bonchev–Trinajstić information content (AvgIpc) is 2.82. The zero-order chi connectivity index (χ0) is 14.0. The van der Waals surface area contributed by atoms with Gasteiger partial charge in [-0.2, -0.15) is 5.10 Å². The first-order valence-corrected chi connectivity index (χ1v) is 8.01. The lowest BCUT2D eigenvalue weighted by molar-refractivity contribution is 0.600. The summed E-state index contributed by atoms with van der Waals surface area (Å²) in [6.45, 7) is 4.38. The van der Waals surface area contributed by atoms with Crippen molar-refractivity contribution < 1.29 is 8.42 Å². The molecule has 7 heteroatoms. The number of nitrogens with zero attached hydrogens (tertiary/aromatic N) is 2. The quantitative estimate of drug-likeness (QED) is 0.928. The summed E-state index contributed by atoms with van der Waals surface area (Å²) in [6.07, 6.45) is 2.86. The Morgan fingerprint density at radius 2 is 2.16 bits per heavy atom. The maximum absolute atomic E-state index is 12.2. The molecule has 0 spiro atoms. The van der Waals surface area contributed by atoms with Crippen LogP contribution in [0.1, 0.15) is 12.5 Å². The van der Waals surface area contributed by atoms with Crippen molar-refractivity contribution in [3.8, 4) is 0 Å². The fourth-order valence-electron chi connectivity index (χ4n) is 1.60. The van der Waals surface area contributed by atoms with Crippen molar-refractivity contribution in [2.75, 3.05) is 4.72 Å². The number of sulfonamides is 1. The van der Waals surface area contributed by atoms with E-state index in [1.165, 1.54) is 12.4 Å².